The Morgan fingerprint density at radius 1 is 0.548 bits per heavy atom. The summed E-state index contributed by atoms with van der Waals surface area (Å²) in [6.07, 6.45) is 1.74. The van der Waals surface area contributed by atoms with Gasteiger partial charge in [0.05, 0.1) is 43.8 Å². The zero-order valence-electron chi connectivity index (χ0n) is 23.4. The highest BCUT2D eigenvalue weighted by atomic mass is 79.9. The van der Waals surface area contributed by atoms with Crippen LogP contribution in [-0.4, -0.2) is 19.1 Å². The first-order valence-corrected chi connectivity index (χ1v) is 16.1. The van der Waals surface area contributed by atoms with Crippen LogP contribution in [0, 0.1) is 0 Å². The molecule has 6 nitrogen and oxygen atoms in total. The molecule has 0 aliphatic heterocycles. The van der Waals surface area contributed by atoms with Crippen LogP contribution in [-0.2, 0) is 23.5 Å². The van der Waals surface area contributed by atoms with Gasteiger partial charge in [-0.25, -0.2) is 9.97 Å². The second-order valence-electron chi connectivity index (χ2n) is 9.60. The molecule has 0 bridgehead atoms. The minimum absolute atomic E-state index is 0.0176. The van der Waals surface area contributed by atoms with Gasteiger partial charge >= 0.3 is 0 Å². The molecule has 0 aliphatic rings. The molecule has 212 valence electrons. The van der Waals surface area contributed by atoms with E-state index in [4.69, 9.17) is 0 Å². The van der Waals surface area contributed by atoms with Crippen molar-refractivity contribution >= 4 is 53.7 Å². The van der Waals surface area contributed by atoms with E-state index in [0.717, 1.165) is 58.0 Å². The number of aromatic nitrogens is 4. The predicted molar refractivity (Wildman–Crippen MR) is 179 cm³/mol. The lowest BCUT2D eigenvalue weighted by Gasteiger charge is -2.15. The van der Waals surface area contributed by atoms with E-state index in [1.165, 1.54) is 0 Å². The third-order valence-corrected chi connectivity index (χ3v) is 8.16. The minimum Gasteiger partial charge on any atom is -0.268 e. The second kappa shape index (κ2) is 13.4. The van der Waals surface area contributed by atoms with Gasteiger partial charge in [-0.05, 0) is 60.4 Å². The number of halogens is 2. The first-order valence-electron chi connectivity index (χ1n) is 13.8. The smallest absolute Gasteiger partial charge is 0.265 e. The van der Waals surface area contributed by atoms with Gasteiger partial charge in [0.1, 0.15) is 11.6 Å². The maximum absolute atomic E-state index is 12.9. The Morgan fingerprint density at radius 2 is 0.905 bits per heavy atom. The maximum atomic E-state index is 12.9. The molecule has 6 rings (SSSR count). The highest BCUT2D eigenvalue weighted by Gasteiger charge is 2.15. The third kappa shape index (κ3) is 5.74. The quantitative estimate of drug-likeness (QED) is 0.169. The highest BCUT2D eigenvalue weighted by molar-refractivity contribution is 9.08. The summed E-state index contributed by atoms with van der Waals surface area (Å²) in [5.74, 6) is 1.44. The number of rotatable bonds is 6. The lowest BCUT2D eigenvalue weighted by molar-refractivity contribution is 0.871. The van der Waals surface area contributed by atoms with Crippen LogP contribution in [0.3, 0.4) is 0 Å². The fraction of sp³-hybridized carbons (Fsp3) is 0.176. The van der Waals surface area contributed by atoms with Crippen molar-refractivity contribution in [2.24, 2.45) is 0 Å². The summed E-state index contributed by atoms with van der Waals surface area (Å²) in [6.45, 7) is 4.18. The van der Waals surface area contributed by atoms with Crippen LogP contribution in [0.1, 0.15) is 36.6 Å². The molecule has 42 heavy (non-hydrogen) atoms. The largest absolute Gasteiger partial charge is 0.268 e. The van der Waals surface area contributed by atoms with E-state index < -0.39 is 0 Å². The van der Waals surface area contributed by atoms with Crippen molar-refractivity contribution in [3.63, 3.8) is 0 Å². The number of hydrogen-bond acceptors (Lipinski definition) is 4. The molecule has 2 aromatic heterocycles. The summed E-state index contributed by atoms with van der Waals surface area (Å²) in [5, 5.41) is 2.36. The molecule has 0 saturated carbocycles. The second-order valence-corrected chi connectivity index (χ2v) is 10.7. The molecule has 0 spiro atoms. The van der Waals surface area contributed by atoms with Gasteiger partial charge in [0.2, 0.25) is 0 Å². The molecule has 4 aromatic carbocycles. The normalized spacial score (nSPS) is 11.0. The van der Waals surface area contributed by atoms with E-state index in [2.05, 4.69) is 67.8 Å². The van der Waals surface area contributed by atoms with Gasteiger partial charge in [-0.3, -0.25) is 18.7 Å². The van der Waals surface area contributed by atoms with Gasteiger partial charge < -0.3 is 0 Å². The van der Waals surface area contributed by atoms with Crippen LogP contribution in [0.5, 0.6) is 0 Å². The van der Waals surface area contributed by atoms with Gasteiger partial charge in [0, 0.05) is 0 Å². The lowest BCUT2D eigenvalue weighted by Crippen LogP contribution is -2.24. The molecule has 2 heterocycles. The van der Waals surface area contributed by atoms with Crippen molar-refractivity contribution in [3.05, 3.63) is 141 Å². The Bertz CT molecular complexity index is 1850. The zero-order valence-corrected chi connectivity index (χ0v) is 26.6. The molecule has 0 saturated heterocycles. The van der Waals surface area contributed by atoms with Gasteiger partial charge in [-0.2, -0.15) is 0 Å². The van der Waals surface area contributed by atoms with Crippen molar-refractivity contribution in [1.82, 2.24) is 19.1 Å². The van der Waals surface area contributed by atoms with Gasteiger partial charge in [-0.1, -0.05) is 106 Å². The number of alkyl halides is 2. The van der Waals surface area contributed by atoms with E-state index >= 15 is 0 Å². The zero-order chi connectivity index (χ0) is 29.6. The van der Waals surface area contributed by atoms with Crippen LogP contribution in [0.4, 0.5) is 0 Å². The van der Waals surface area contributed by atoms with Crippen molar-refractivity contribution in [2.45, 2.75) is 37.3 Å². The fourth-order valence-corrected chi connectivity index (χ4v) is 5.84. The van der Waals surface area contributed by atoms with Gasteiger partial charge in [0.15, 0.2) is 0 Å². The maximum Gasteiger partial charge on any atom is 0.265 e. The average Bonchev–Trinajstić information content (AvgIpc) is 3.05. The summed E-state index contributed by atoms with van der Waals surface area (Å²) >= 11 is 6.90. The van der Waals surface area contributed by atoms with E-state index in [1.807, 2.05) is 84.9 Å². The van der Waals surface area contributed by atoms with Crippen LogP contribution in [0.15, 0.2) is 107 Å². The fourth-order valence-electron chi connectivity index (χ4n) is 5.09. The number of nitrogens with zero attached hydrogens (tertiary/aromatic N) is 4. The summed E-state index contributed by atoms with van der Waals surface area (Å²) in [6, 6.07) is 30.9. The molecule has 0 fully saturated rings. The average molecular weight is 686 g/mol. The topological polar surface area (TPSA) is 69.8 Å². The molecule has 0 N–H and O–H groups in total. The Hall–Kier alpha value is -3.88. The number of benzene rings is 4. The summed E-state index contributed by atoms with van der Waals surface area (Å²) in [5.41, 5.74) is 5.55. The number of hydrogen-bond donors (Lipinski definition) is 0. The van der Waals surface area contributed by atoms with Crippen molar-refractivity contribution < 1.29 is 0 Å². The lowest BCUT2D eigenvalue weighted by atomic mass is 10.1. The Balaban J connectivity index is 0.000000168. The van der Waals surface area contributed by atoms with Crippen LogP contribution in [0.25, 0.3) is 33.2 Å². The van der Waals surface area contributed by atoms with Crippen LogP contribution in [0.2, 0.25) is 0 Å². The molecule has 8 heteroatoms. The van der Waals surface area contributed by atoms with Crippen molar-refractivity contribution in [1.29, 1.82) is 0 Å². The SMILES string of the molecule is CCc1ccccc1-n1c(CBr)nc2ccccc2c1=O.CCc1ccccc1-n1c(CBr)nc2ccccc2c1=O. The van der Waals surface area contributed by atoms with E-state index in [9.17, 15) is 9.59 Å². The molecule has 0 aliphatic carbocycles. The van der Waals surface area contributed by atoms with Gasteiger partial charge in [0.25, 0.3) is 11.1 Å². The molecule has 0 radical (unpaired) electrons. The third-order valence-electron chi connectivity index (χ3n) is 7.16. The number of aryl methyl sites for hydroxylation is 2. The van der Waals surface area contributed by atoms with Gasteiger partial charge in [-0.15, -0.1) is 0 Å². The molecular formula is C34H30Br2N4O2. The first kappa shape index (κ1) is 29.6. The van der Waals surface area contributed by atoms with E-state index in [-0.39, 0.29) is 11.1 Å². The molecular weight excluding hydrogens is 656 g/mol. The Kier molecular flexibility index (Phi) is 9.45. The standard InChI is InChI=1S/2C17H15BrN2O/c2*1-2-12-7-3-6-10-15(12)20-16(11-18)19-14-9-5-4-8-13(14)17(20)21/h2*3-10H,2,11H2,1H3. The first-order chi connectivity index (χ1) is 20.5. The molecule has 0 amide bonds. The van der Waals surface area contributed by atoms with E-state index in [1.54, 1.807) is 9.13 Å². The van der Waals surface area contributed by atoms with Crippen molar-refractivity contribution in [2.75, 3.05) is 0 Å². The van der Waals surface area contributed by atoms with Crippen molar-refractivity contribution in [3.8, 4) is 11.4 Å². The van der Waals surface area contributed by atoms with E-state index in [0.29, 0.717) is 21.4 Å². The number of fused-ring (bicyclic) bond motifs is 2. The summed E-state index contributed by atoms with van der Waals surface area (Å²) < 4.78 is 3.44. The molecule has 0 unspecified atom stereocenters. The number of para-hydroxylation sites is 4. The highest BCUT2D eigenvalue weighted by Crippen LogP contribution is 2.20. The predicted octanol–water partition coefficient (Wildman–Crippen LogP) is 7.69. The summed E-state index contributed by atoms with van der Waals surface area (Å²) in [7, 11) is 0. The Morgan fingerprint density at radius 3 is 1.29 bits per heavy atom. The molecule has 0 atom stereocenters. The monoisotopic (exact) mass is 684 g/mol. The Labute approximate surface area is 261 Å². The minimum atomic E-state index is -0.0176. The molecule has 6 aromatic rings. The van der Waals surface area contributed by atoms with Crippen LogP contribution >= 0.6 is 31.9 Å². The summed E-state index contributed by atoms with van der Waals surface area (Å²) in [4.78, 5) is 35.0. The van der Waals surface area contributed by atoms with Crippen LogP contribution < -0.4 is 11.1 Å².